The average molecular weight is 464 g/mol. The summed E-state index contributed by atoms with van der Waals surface area (Å²) in [5.74, 6) is 0.868. The fourth-order valence-corrected chi connectivity index (χ4v) is 2.23. The molecule has 4 nitrogen and oxygen atoms in total. The maximum Gasteiger partial charge on any atom is 0.191 e. The maximum absolute atomic E-state index is 4.31. The second-order valence-corrected chi connectivity index (χ2v) is 8.03. The van der Waals surface area contributed by atoms with Crippen molar-refractivity contribution in [1.82, 2.24) is 15.5 Å². The summed E-state index contributed by atoms with van der Waals surface area (Å²) in [7, 11) is 3.98. The summed E-state index contributed by atoms with van der Waals surface area (Å²) < 4.78 is 0.202. The topological polar surface area (TPSA) is 39.7 Å². The largest absolute Gasteiger partial charge is 0.355 e. The number of nitrogens with zero attached hydrogens (tertiary/aromatic N) is 2. The summed E-state index contributed by atoms with van der Waals surface area (Å²) in [6.07, 6.45) is 2.14. The van der Waals surface area contributed by atoms with Crippen LogP contribution >= 0.6 is 35.7 Å². The number of thioether (sulfide) groups is 1. The molecule has 0 aliphatic rings. The number of likely N-dealkylation sites (N-methyl/N-ethyl adjacent to an activating group) is 1. The first-order valence-corrected chi connectivity index (χ1v) is 9.34. The van der Waals surface area contributed by atoms with Crippen molar-refractivity contribution >= 4 is 41.7 Å². The van der Waals surface area contributed by atoms with E-state index in [0.717, 1.165) is 25.6 Å². The Morgan fingerprint density at radius 3 is 2.42 bits per heavy atom. The quantitative estimate of drug-likeness (QED) is 0.352. The van der Waals surface area contributed by atoms with Gasteiger partial charge in [0.1, 0.15) is 0 Å². The van der Waals surface area contributed by atoms with E-state index in [0.29, 0.717) is 6.04 Å². The molecule has 0 saturated heterocycles. The Hall–Kier alpha value is -0.470. The zero-order valence-corrected chi connectivity index (χ0v) is 18.9. The number of hydrogen-bond donors (Lipinski definition) is 2. The molecule has 138 valence electrons. The molecule has 0 amide bonds. The van der Waals surface area contributed by atoms with Crippen LogP contribution in [0, 0.1) is 0 Å². The molecule has 0 heterocycles. The molecule has 1 rings (SSSR count). The number of nitrogens with one attached hydrogen (secondary N) is 2. The number of guanidine groups is 1. The van der Waals surface area contributed by atoms with Gasteiger partial charge < -0.3 is 10.6 Å². The molecule has 24 heavy (non-hydrogen) atoms. The van der Waals surface area contributed by atoms with Crippen LogP contribution in [0.1, 0.15) is 26.3 Å². The molecular formula is C18H33IN4S. The first kappa shape index (κ1) is 23.5. The van der Waals surface area contributed by atoms with Crippen molar-refractivity contribution in [1.29, 1.82) is 0 Å². The van der Waals surface area contributed by atoms with Crippen LogP contribution in [0.25, 0.3) is 0 Å². The highest BCUT2D eigenvalue weighted by Gasteiger charge is 2.16. The number of aliphatic imine (C=N–C) groups is 1. The molecule has 0 aromatic heterocycles. The zero-order chi connectivity index (χ0) is 17.3. The number of hydrogen-bond acceptors (Lipinski definition) is 3. The highest BCUT2D eigenvalue weighted by atomic mass is 127. The molecule has 0 spiro atoms. The minimum atomic E-state index is 0. The first-order valence-electron chi connectivity index (χ1n) is 8.12. The van der Waals surface area contributed by atoms with Crippen molar-refractivity contribution in [2.45, 2.75) is 38.1 Å². The van der Waals surface area contributed by atoms with E-state index >= 15 is 0 Å². The van der Waals surface area contributed by atoms with Crippen LogP contribution in [-0.4, -0.2) is 55.1 Å². The third-order valence-electron chi connectivity index (χ3n) is 4.05. The molecule has 0 saturated carbocycles. The van der Waals surface area contributed by atoms with Crippen LogP contribution in [0.3, 0.4) is 0 Å². The smallest absolute Gasteiger partial charge is 0.191 e. The molecule has 1 aromatic carbocycles. The van der Waals surface area contributed by atoms with Crippen LogP contribution in [0.5, 0.6) is 0 Å². The van der Waals surface area contributed by atoms with Crippen LogP contribution in [0.2, 0.25) is 0 Å². The third kappa shape index (κ3) is 9.13. The summed E-state index contributed by atoms with van der Waals surface area (Å²) in [6, 6.07) is 11.0. The lowest BCUT2D eigenvalue weighted by Gasteiger charge is -2.27. The Morgan fingerprint density at radius 2 is 1.88 bits per heavy atom. The molecule has 0 bridgehead atoms. The van der Waals surface area contributed by atoms with Crippen LogP contribution < -0.4 is 10.6 Å². The van der Waals surface area contributed by atoms with Gasteiger partial charge in [-0.1, -0.05) is 30.3 Å². The molecule has 0 radical (unpaired) electrons. The van der Waals surface area contributed by atoms with Gasteiger partial charge in [0.05, 0.1) is 0 Å². The lowest BCUT2D eigenvalue weighted by atomic mass is 10.2. The summed E-state index contributed by atoms with van der Waals surface area (Å²) in [6.45, 7) is 9.40. The van der Waals surface area contributed by atoms with Gasteiger partial charge in [-0.2, -0.15) is 11.8 Å². The Bertz CT molecular complexity index is 479. The fraction of sp³-hybridized carbons (Fsp3) is 0.611. The molecule has 0 aliphatic heterocycles. The van der Waals surface area contributed by atoms with Crippen LogP contribution in [-0.2, 0) is 6.54 Å². The van der Waals surface area contributed by atoms with Gasteiger partial charge in [0.15, 0.2) is 5.96 Å². The lowest BCUT2D eigenvalue weighted by molar-refractivity contribution is 0.249. The van der Waals surface area contributed by atoms with Gasteiger partial charge in [0.25, 0.3) is 0 Å². The van der Waals surface area contributed by atoms with E-state index < -0.39 is 0 Å². The molecule has 0 fully saturated rings. The summed E-state index contributed by atoms with van der Waals surface area (Å²) >= 11 is 1.86. The van der Waals surface area contributed by atoms with Gasteiger partial charge in [-0.15, -0.1) is 24.0 Å². The lowest BCUT2D eigenvalue weighted by Crippen LogP contribution is -2.47. The predicted molar refractivity (Wildman–Crippen MR) is 120 cm³/mol. The minimum Gasteiger partial charge on any atom is -0.355 e. The van der Waals surface area contributed by atoms with Gasteiger partial charge in [-0.3, -0.25) is 9.89 Å². The van der Waals surface area contributed by atoms with E-state index in [4.69, 9.17) is 0 Å². The second kappa shape index (κ2) is 12.0. The third-order valence-corrected chi connectivity index (χ3v) is 5.30. The molecule has 1 aromatic rings. The van der Waals surface area contributed by atoms with E-state index in [2.05, 4.69) is 84.9 Å². The highest BCUT2D eigenvalue weighted by molar-refractivity contribution is 14.0. The Kier molecular flexibility index (Phi) is 11.7. The van der Waals surface area contributed by atoms with Gasteiger partial charge >= 0.3 is 0 Å². The summed E-state index contributed by atoms with van der Waals surface area (Å²) in [5, 5.41) is 6.82. The van der Waals surface area contributed by atoms with Crippen molar-refractivity contribution < 1.29 is 0 Å². The molecular weight excluding hydrogens is 431 g/mol. The summed E-state index contributed by atoms with van der Waals surface area (Å²) in [4.78, 5) is 6.66. The first-order chi connectivity index (χ1) is 10.9. The molecule has 1 unspecified atom stereocenters. The van der Waals surface area contributed by atoms with E-state index in [1.807, 2.05) is 18.8 Å². The second-order valence-electron chi connectivity index (χ2n) is 6.52. The van der Waals surface area contributed by atoms with E-state index in [9.17, 15) is 0 Å². The van der Waals surface area contributed by atoms with E-state index in [1.54, 1.807) is 0 Å². The monoisotopic (exact) mass is 464 g/mol. The minimum absolute atomic E-state index is 0. The Balaban J connectivity index is 0.00000529. The number of benzene rings is 1. The van der Waals surface area contributed by atoms with Gasteiger partial charge in [-0.25, -0.2) is 0 Å². The van der Waals surface area contributed by atoms with Crippen molar-refractivity contribution in [3.8, 4) is 0 Å². The van der Waals surface area contributed by atoms with Gasteiger partial charge in [0, 0.05) is 37.5 Å². The Labute approximate surface area is 169 Å². The number of rotatable bonds is 8. The van der Waals surface area contributed by atoms with Crippen molar-refractivity contribution in [2.75, 3.05) is 33.4 Å². The standard InChI is InChI=1S/C18H32N4S.HI/c1-15(22(5)13-16-10-8-7-9-11-16)12-20-17(19-4)21-14-18(2,3)23-6;/h7-11,15H,12-14H2,1-6H3,(H2,19,20,21);1H. The van der Waals surface area contributed by atoms with Crippen molar-refractivity contribution in [2.24, 2.45) is 4.99 Å². The average Bonchev–Trinajstić information content (AvgIpc) is 2.55. The number of halogens is 1. The predicted octanol–water partition coefficient (Wildman–Crippen LogP) is 3.43. The van der Waals surface area contributed by atoms with Crippen LogP contribution in [0.4, 0.5) is 0 Å². The Morgan fingerprint density at radius 1 is 1.25 bits per heavy atom. The SMILES string of the molecule is CN=C(NCC(C)N(C)Cc1ccccc1)NCC(C)(C)SC.I. The van der Waals surface area contributed by atoms with E-state index in [-0.39, 0.29) is 28.7 Å². The molecule has 0 aliphatic carbocycles. The van der Waals surface area contributed by atoms with Crippen molar-refractivity contribution in [3.63, 3.8) is 0 Å². The highest BCUT2D eigenvalue weighted by Crippen LogP contribution is 2.19. The van der Waals surface area contributed by atoms with Gasteiger partial charge in [0.2, 0.25) is 0 Å². The summed E-state index contributed by atoms with van der Waals surface area (Å²) in [5.41, 5.74) is 1.34. The van der Waals surface area contributed by atoms with Gasteiger partial charge in [-0.05, 0) is 39.6 Å². The molecule has 1 atom stereocenters. The molecule has 6 heteroatoms. The van der Waals surface area contributed by atoms with E-state index in [1.165, 1.54) is 5.56 Å². The molecule has 2 N–H and O–H groups in total. The van der Waals surface area contributed by atoms with Crippen molar-refractivity contribution in [3.05, 3.63) is 35.9 Å². The fourth-order valence-electron chi connectivity index (χ4n) is 2.02. The van der Waals surface area contributed by atoms with Crippen LogP contribution in [0.15, 0.2) is 35.3 Å². The normalized spacial score (nSPS) is 13.4. The maximum atomic E-state index is 4.31. The zero-order valence-electron chi connectivity index (χ0n) is 15.8.